The lowest BCUT2D eigenvalue weighted by Crippen LogP contribution is -2.41. The smallest absolute Gasteiger partial charge is 0.241 e. The molecule has 0 saturated heterocycles. The van der Waals surface area contributed by atoms with Crippen LogP contribution in [0.2, 0.25) is 10.0 Å². The summed E-state index contributed by atoms with van der Waals surface area (Å²) in [5.74, 6) is -0.319. The van der Waals surface area contributed by atoms with Crippen LogP contribution in [0.4, 0.5) is 0 Å². The highest BCUT2D eigenvalue weighted by Crippen LogP contribution is 2.24. The maximum absolute atomic E-state index is 12.2. The zero-order valence-electron chi connectivity index (χ0n) is 12.6. The first-order valence-electron chi connectivity index (χ1n) is 7.62. The van der Waals surface area contributed by atoms with Crippen molar-refractivity contribution in [2.45, 2.75) is 49.5 Å². The largest absolute Gasteiger partial charge is 0.352 e. The molecule has 1 aliphatic carbocycles. The molecule has 0 aromatic heterocycles. The molecule has 8 heteroatoms. The summed E-state index contributed by atoms with van der Waals surface area (Å²) in [5.41, 5.74) is 0. The van der Waals surface area contributed by atoms with Gasteiger partial charge in [-0.15, -0.1) is 0 Å². The molecule has 2 rings (SSSR count). The van der Waals surface area contributed by atoms with Gasteiger partial charge in [-0.25, -0.2) is 13.1 Å². The monoisotopic (exact) mass is 378 g/mol. The molecular formula is C15H20Cl2N2O3S. The van der Waals surface area contributed by atoms with Crippen LogP contribution in [0.1, 0.15) is 38.5 Å². The number of amides is 1. The van der Waals surface area contributed by atoms with Gasteiger partial charge in [0.05, 0.1) is 21.5 Å². The van der Waals surface area contributed by atoms with E-state index >= 15 is 0 Å². The minimum absolute atomic E-state index is 0.0193. The summed E-state index contributed by atoms with van der Waals surface area (Å²) in [6, 6.07) is 4.15. The van der Waals surface area contributed by atoms with Crippen molar-refractivity contribution in [3.63, 3.8) is 0 Å². The summed E-state index contributed by atoms with van der Waals surface area (Å²) in [4.78, 5) is 11.9. The predicted octanol–water partition coefficient (Wildman–Crippen LogP) is 3.11. The van der Waals surface area contributed by atoms with E-state index in [0.29, 0.717) is 0 Å². The van der Waals surface area contributed by atoms with E-state index in [1.807, 2.05) is 0 Å². The second kappa shape index (κ2) is 8.33. The second-order valence-corrected chi connectivity index (χ2v) is 8.24. The fraction of sp³-hybridized carbons (Fsp3) is 0.533. The van der Waals surface area contributed by atoms with Crippen molar-refractivity contribution in [2.75, 3.05) is 6.54 Å². The second-order valence-electron chi connectivity index (χ2n) is 5.66. The number of sulfonamides is 1. The van der Waals surface area contributed by atoms with Crippen LogP contribution in [-0.2, 0) is 14.8 Å². The molecule has 0 heterocycles. The van der Waals surface area contributed by atoms with Crippen molar-refractivity contribution in [1.82, 2.24) is 10.0 Å². The van der Waals surface area contributed by atoms with E-state index in [0.717, 1.165) is 25.7 Å². The van der Waals surface area contributed by atoms with Gasteiger partial charge in [0.2, 0.25) is 15.9 Å². The maximum atomic E-state index is 12.2. The third-order valence-electron chi connectivity index (χ3n) is 3.84. The Labute approximate surface area is 146 Å². The van der Waals surface area contributed by atoms with E-state index in [1.54, 1.807) is 0 Å². The van der Waals surface area contributed by atoms with Crippen LogP contribution in [-0.4, -0.2) is 26.9 Å². The molecule has 1 aromatic rings. The molecule has 2 N–H and O–H groups in total. The maximum Gasteiger partial charge on any atom is 0.241 e. The average molecular weight is 379 g/mol. The van der Waals surface area contributed by atoms with Gasteiger partial charge >= 0.3 is 0 Å². The standard InChI is InChI=1S/C15H20Cl2N2O3S/c16-13-8-7-12(9-14(13)17)23(21,22)18-10-15(20)19-11-5-3-1-2-4-6-11/h7-9,11,18H,1-6,10H2,(H,19,20). The number of rotatable bonds is 5. The third kappa shape index (κ3) is 5.64. The molecular weight excluding hydrogens is 359 g/mol. The molecule has 1 saturated carbocycles. The van der Waals surface area contributed by atoms with Gasteiger partial charge in [-0.1, -0.05) is 48.9 Å². The van der Waals surface area contributed by atoms with Crippen LogP contribution in [0, 0.1) is 0 Å². The molecule has 1 amide bonds. The number of hydrogen-bond acceptors (Lipinski definition) is 3. The number of halogens is 2. The first-order valence-corrected chi connectivity index (χ1v) is 9.86. The number of nitrogens with one attached hydrogen (secondary N) is 2. The van der Waals surface area contributed by atoms with Gasteiger partial charge in [0, 0.05) is 6.04 Å². The topological polar surface area (TPSA) is 75.3 Å². The zero-order valence-corrected chi connectivity index (χ0v) is 15.0. The first kappa shape index (κ1) is 18.5. The molecule has 23 heavy (non-hydrogen) atoms. The van der Waals surface area contributed by atoms with E-state index in [1.165, 1.54) is 31.0 Å². The van der Waals surface area contributed by atoms with Crippen LogP contribution in [0.5, 0.6) is 0 Å². The lowest BCUT2D eigenvalue weighted by Gasteiger charge is -2.16. The highest BCUT2D eigenvalue weighted by Gasteiger charge is 2.19. The van der Waals surface area contributed by atoms with Crippen LogP contribution < -0.4 is 10.0 Å². The lowest BCUT2D eigenvalue weighted by atomic mass is 10.1. The molecule has 0 aliphatic heterocycles. The zero-order chi connectivity index (χ0) is 16.9. The van der Waals surface area contributed by atoms with Crippen molar-refractivity contribution in [3.8, 4) is 0 Å². The van der Waals surface area contributed by atoms with Crippen molar-refractivity contribution < 1.29 is 13.2 Å². The molecule has 0 atom stereocenters. The normalized spacial score (nSPS) is 16.8. The fourth-order valence-electron chi connectivity index (χ4n) is 2.59. The quantitative estimate of drug-likeness (QED) is 0.772. The van der Waals surface area contributed by atoms with Crippen molar-refractivity contribution in [1.29, 1.82) is 0 Å². The lowest BCUT2D eigenvalue weighted by molar-refractivity contribution is -0.120. The Morgan fingerprint density at radius 1 is 1.09 bits per heavy atom. The molecule has 1 fully saturated rings. The summed E-state index contributed by atoms with van der Waals surface area (Å²) in [7, 11) is -3.80. The van der Waals surface area contributed by atoms with Gasteiger partial charge in [-0.3, -0.25) is 4.79 Å². The summed E-state index contributed by atoms with van der Waals surface area (Å²) < 4.78 is 26.6. The Kier molecular flexibility index (Phi) is 6.71. The third-order valence-corrected chi connectivity index (χ3v) is 5.98. The van der Waals surface area contributed by atoms with E-state index in [9.17, 15) is 13.2 Å². The molecule has 0 spiro atoms. The Morgan fingerprint density at radius 2 is 1.74 bits per heavy atom. The molecule has 0 unspecified atom stereocenters. The van der Waals surface area contributed by atoms with Gasteiger partial charge in [-0.05, 0) is 31.0 Å². The number of carbonyl (C=O) groups excluding carboxylic acids is 1. The minimum Gasteiger partial charge on any atom is -0.352 e. The molecule has 0 radical (unpaired) electrons. The van der Waals surface area contributed by atoms with Crippen LogP contribution in [0.25, 0.3) is 0 Å². The average Bonchev–Trinajstić information content (AvgIpc) is 2.76. The van der Waals surface area contributed by atoms with Gasteiger partial charge < -0.3 is 5.32 Å². The molecule has 1 aromatic carbocycles. The highest BCUT2D eigenvalue weighted by molar-refractivity contribution is 7.89. The van der Waals surface area contributed by atoms with Gasteiger partial charge in [0.15, 0.2) is 0 Å². The van der Waals surface area contributed by atoms with E-state index in [4.69, 9.17) is 23.2 Å². The summed E-state index contributed by atoms with van der Waals surface area (Å²) in [6.45, 7) is -0.293. The number of hydrogen-bond donors (Lipinski definition) is 2. The summed E-state index contributed by atoms with van der Waals surface area (Å²) in [5, 5.41) is 3.32. The highest BCUT2D eigenvalue weighted by atomic mass is 35.5. The number of benzene rings is 1. The first-order chi connectivity index (χ1) is 10.9. The molecule has 0 bridgehead atoms. The molecule has 1 aliphatic rings. The summed E-state index contributed by atoms with van der Waals surface area (Å²) in [6.07, 6.45) is 6.48. The number of carbonyl (C=O) groups is 1. The van der Waals surface area contributed by atoms with Crippen LogP contribution in [0.15, 0.2) is 23.1 Å². The van der Waals surface area contributed by atoms with Gasteiger partial charge in [-0.2, -0.15) is 0 Å². The fourth-order valence-corrected chi connectivity index (χ4v) is 3.96. The van der Waals surface area contributed by atoms with Crippen LogP contribution >= 0.6 is 23.2 Å². The van der Waals surface area contributed by atoms with E-state index in [2.05, 4.69) is 10.0 Å². The van der Waals surface area contributed by atoms with Crippen molar-refractivity contribution in [3.05, 3.63) is 28.2 Å². The predicted molar refractivity (Wildman–Crippen MR) is 91.3 cm³/mol. The Hall–Kier alpha value is -0.820. The van der Waals surface area contributed by atoms with E-state index in [-0.39, 0.29) is 33.4 Å². The Balaban J connectivity index is 1.90. The molecule has 5 nitrogen and oxygen atoms in total. The summed E-state index contributed by atoms with van der Waals surface area (Å²) >= 11 is 11.6. The van der Waals surface area contributed by atoms with Crippen molar-refractivity contribution in [2.24, 2.45) is 0 Å². The minimum atomic E-state index is -3.80. The Morgan fingerprint density at radius 3 is 2.35 bits per heavy atom. The van der Waals surface area contributed by atoms with E-state index < -0.39 is 10.0 Å². The molecule has 128 valence electrons. The SMILES string of the molecule is O=C(CNS(=O)(=O)c1ccc(Cl)c(Cl)c1)NC1CCCCCC1. The van der Waals surface area contributed by atoms with Gasteiger partial charge in [0.25, 0.3) is 0 Å². The Bertz CT molecular complexity index is 657. The van der Waals surface area contributed by atoms with Crippen LogP contribution in [0.3, 0.4) is 0 Å². The van der Waals surface area contributed by atoms with Gasteiger partial charge in [0.1, 0.15) is 0 Å². The van der Waals surface area contributed by atoms with Crippen molar-refractivity contribution >= 4 is 39.1 Å².